The number of amidine groups is 1. The number of benzene rings is 4. The molecule has 0 bridgehead atoms. The van der Waals surface area contributed by atoms with Gasteiger partial charge in [0.25, 0.3) is 0 Å². The quantitative estimate of drug-likeness (QED) is 0.400. The van der Waals surface area contributed by atoms with Crippen LogP contribution in [-0.4, -0.2) is 18.3 Å². The summed E-state index contributed by atoms with van der Waals surface area (Å²) in [6.45, 7) is 2.06. The molecule has 1 atom stereocenters. The maximum atomic E-state index is 14.2. The zero-order chi connectivity index (χ0) is 24.3. The van der Waals surface area contributed by atoms with Gasteiger partial charge in [-0.25, -0.2) is 0 Å². The lowest BCUT2D eigenvalue weighted by Crippen LogP contribution is -2.45. The Balaban J connectivity index is 1.79. The van der Waals surface area contributed by atoms with Crippen LogP contribution in [0.25, 0.3) is 0 Å². The van der Waals surface area contributed by atoms with E-state index in [-0.39, 0.29) is 0 Å². The Labute approximate surface area is 212 Å². The maximum absolute atomic E-state index is 14.2. The topological polar surface area (TPSA) is 47.5 Å². The van der Waals surface area contributed by atoms with Crippen LogP contribution in [0.5, 0.6) is 0 Å². The lowest BCUT2D eigenvalue weighted by molar-refractivity contribution is -0.402. The number of aryl methyl sites for hydroxylation is 1. The van der Waals surface area contributed by atoms with E-state index in [2.05, 4.69) is 85.0 Å². The molecule has 0 amide bonds. The molecule has 1 unspecified atom stereocenters. The summed E-state index contributed by atoms with van der Waals surface area (Å²) in [7, 11) is -2.51. The molecule has 5 heteroatoms. The third-order valence-corrected chi connectivity index (χ3v) is 11.5. The average molecular weight is 495 g/mol. The summed E-state index contributed by atoms with van der Waals surface area (Å²) in [5, 5.41) is 22.9. The van der Waals surface area contributed by atoms with E-state index in [9.17, 15) is 5.11 Å². The van der Waals surface area contributed by atoms with Crippen molar-refractivity contribution < 1.29 is 5.11 Å². The molecule has 0 saturated carbocycles. The predicted octanol–water partition coefficient (Wildman–Crippen LogP) is 4.56. The molecule has 1 N–H and O–H groups in total. The molecule has 0 aromatic heterocycles. The van der Waals surface area contributed by atoms with E-state index in [0.717, 1.165) is 31.8 Å². The van der Waals surface area contributed by atoms with Crippen molar-refractivity contribution in [3.63, 3.8) is 0 Å². The molecule has 1 heterocycles. The summed E-state index contributed by atoms with van der Waals surface area (Å²) < 4.78 is 0. The molecule has 0 aliphatic carbocycles. The lowest BCUT2D eigenvalue weighted by atomic mass is 10.1. The Morgan fingerprint density at radius 2 is 1.17 bits per heavy atom. The van der Waals surface area contributed by atoms with Crippen molar-refractivity contribution in [3.8, 4) is 0 Å². The highest BCUT2D eigenvalue weighted by molar-refractivity contribution is 8.04. The van der Waals surface area contributed by atoms with Crippen molar-refractivity contribution >= 4 is 40.8 Å². The number of hydrogen-bond donors (Lipinski definition) is 1. The Morgan fingerprint density at radius 1 is 0.714 bits per heavy atom. The number of hydrogen-bond acceptors (Lipinski definition) is 4. The van der Waals surface area contributed by atoms with Crippen LogP contribution in [0.15, 0.2) is 131 Å². The Hall–Kier alpha value is -3.17. The van der Waals surface area contributed by atoms with Crippen molar-refractivity contribution in [2.24, 2.45) is 4.99 Å². The van der Waals surface area contributed by atoms with Gasteiger partial charge in [0.2, 0.25) is 0 Å². The molecule has 0 saturated heterocycles. The van der Waals surface area contributed by atoms with Crippen LogP contribution in [0.2, 0.25) is 0 Å². The Morgan fingerprint density at radius 3 is 1.60 bits per heavy atom. The van der Waals surface area contributed by atoms with Gasteiger partial charge >= 0.3 is 0 Å². The minimum Gasteiger partial charge on any atom is -0.829 e. The molecule has 1 aliphatic rings. The first kappa shape index (κ1) is 23.6. The molecule has 35 heavy (non-hydrogen) atoms. The van der Waals surface area contributed by atoms with Gasteiger partial charge in [-0.05, 0) is 49.6 Å². The van der Waals surface area contributed by atoms with Crippen LogP contribution in [0.1, 0.15) is 11.1 Å². The van der Waals surface area contributed by atoms with Gasteiger partial charge < -0.3 is 10.4 Å². The molecule has 3 nitrogen and oxygen atoms in total. The highest BCUT2D eigenvalue weighted by Gasteiger charge is 2.52. The zero-order valence-corrected chi connectivity index (χ0v) is 21.5. The highest BCUT2D eigenvalue weighted by Crippen LogP contribution is 2.65. The number of thioether (sulfide) groups is 1. The zero-order valence-electron chi connectivity index (χ0n) is 19.8. The van der Waals surface area contributed by atoms with Crippen molar-refractivity contribution in [2.45, 2.75) is 13.2 Å². The normalized spacial score (nSPS) is 16.0. The summed E-state index contributed by atoms with van der Waals surface area (Å²) in [6.07, 6.45) is 0.798. The monoisotopic (exact) mass is 494 g/mol. The van der Waals surface area contributed by atoms with Crippen molar-refractivity contribution in [3.05, 3.63) is 137 Å². The summed E-state index contributed by atoms with van der Waals surface area (Å²) >= 11 is 1.59. The summed E-state index contributed by atoms with van der Waals surface area (Å²) in [4.78, 5) is 4.71. The largest absolute Gasteiger partial charge is 0.829 e. The van der Waals surface area contributed by atoms with Crippen molar-refractivity contribution in [1.82, 2.24) is 5.32 Å². The van der Waals surface area contributed by atoms with E-state index in [1.807, 2.05) is 48.7 Å². The number of aliphatic imine (C=N–C) groups is 1. The first-order chi connectivity index (χ1) is 17.1. The highest BCUT2D eigenvalue weighted by atomic mass is 32.2. The first-order valence-electron chi connectivity index (χ1n) is 11.6. The molecular formula is C30H27N2OPS. The molecule has 4 aromatic rings. The molecule has 4 aromatic carbocycles. The first-order valence-corrected chi connectivity index (χ1v) is 14.6. The molecule has 0 spiro atoms. The fourth-order valence-electron chi connectivity index (χ4n) is 4.65. The van der Waals surface area contributed by atoms with Crippen LogP contribution < -0.4 is 26.3 Å². The fourth-order valence-corrected chi connectivity index (χ4v) is 10.2. The Bertz CT molecular complexity index is 1260. The van der Waals surface area contributed by atoms with E-state index in [1.54, 1.807) is 11.8 Å². The van der Waals surface area contributed by atoms with E-state index in [0.29, 0.717) is 5.84 Å². The summed E-state index contributed by atoms with van der Waals surface area (Å²) in [6, 6.07) is 39.5. The van der Waals surface area contributed by atoms with Gasteiger partial charge in [0.15, 0.2) is 0 Å². The van der Waals surface area contributed by atoms with Gasteiger partial charge in [-0.15, -0.1) is 11.8 Å². The molecule has 0 radical (unpaired) electrons. The van der Waals surface area contributed by atoms with E-state index >= 15 is 0 Å². The van der Waals surface area contributed by atoms with E-state index < -0.39 is 13.5 Å². The van der Waals surface area contributed by atoms with Gasteiger partial charge in [0, 0.05) is 11.8 Å². The van der Waals surface area contributed by atoms with Gasteiger partial charge in [0.05, 0.1) is 0 Å². The van der Waals surface area contributed by atoms with Crippen LogP contribution >= 0.6 is 19.0 Å². The van der Waals surface area contributed by atoms with Crippen LogP contribution in [-0.2, 0) is 0 Å². The average Bonchev–Trinajstić information content (AvgIpc) is 2.92. The Kier molecular flexibility index (Phi) is 6.88. The smallest absolute Gasteiger partial charge is 0.143 e. The fraction of sp³-hybridized carbons (Fsp3) is 0.100. The minimum atomic E-state index is -2.51. The molecular weight excluding hydrogens is 467 g/mol. The molecule has 0 fully saturated rings. The third-order valence-electron chi connectivity index (χ3n) is 6.27. The van der Waals surface area contributed by atoms with Crippen LogP contribution in [0.4, 0.5) is 0 Å². The second kappa shape index (κ2) is 10.2. The third kappa shape index (κ3) is 4.34. The summed E-state index contributed by atoms with van der Waals surface area (Å²) in [5.74, 6) is 0.630. The number of nitrogens with zero attached hydrogens (tertiary/aromatic N) is 1. The minimum absolute atomic E-state index is 0.630. The summed E-state index contributed by atoms with van der Waals surface area (Å²) in [5.41, 5.74) is 2.09. The van der Waals surface area contributed by atoms with Gasteiger partial charge in [-0.3, -0.25) is 4.99 Å². The molecule has 5 rings (SSSR count). The van der Waals surface area contributed by atoms with Crippen molar-refractivity contribution in [1.29, 1.82) is 0 Å². The number of rotatable bonds is 6. The SMILES string of the molecule is CSC1=C([P+](c2ccccc2)(c2ccccc2)c2ccccc2)C([O-])N=C(c2ccc(C)cc2)N1. The predicted molar refractivity (Wildman–Crippen MR) is 150 cm³/mol. The van der Waals surface area contributed by atoms with Gasteiger partial charge in [-0.1, -0.05) is 84.4 Å². The second-order valence-electron chi connectivity index (χ2n) is 8.42. The van der Waals surface area contributed by atoms with E-state index in [4.69, 9.17) is 4.99 Å². The second-order valence-corrected chi connectivity index (χ2v) is 12.6. The van der Waals surface area contributed by atoms with Crippen molar-refractivity contribution in [2.75, 3.05) is 6.26 Å². The standard InChI is InChI=1S/C30H27N2OPS/c1-22-18-20-23(21-19-22)28-31-29(33)27(30(32-28)35-2)34(24-12-6-3-7-13-24,25-14-8-4-9-15-25)26-16-10-5-11-17-26/h3-21,29H,1-2H3,(H,31,32). The van der Waals surface area contributed by atoms with Gasteiger partial charge in [0.1, 0.15) is 39.4 Å². The van der Waals surface area contributed by atoms with Gasteiger partial charge in [-0.2, -0.15) is 0 Å². The van der Waals surface area contributed by atoms with Crippen LogP contribution in [0.3, 0.4) is 0 Å². The molecule has 1 aliphatic heterocycles. The van der Waals surface area contributed by atoms with E-state index in [1.165, 1.54) is 5.56 Å². The van der Waals surface area contributed by atoms with Crippen LogP contribution in [0, 0.1) is 6.92 Å². The maximum Gasteiger partial charge on any atom is 0.143 e. The molecule has 174 valence electrons. The number of nitrogens with one attached hydrogen (secondary N) is 1. The lowest BCUT2D eigenvalue weighted by Gasteiger charge is -2.38.